The third kappa shape index (κ3) is 6.46. The Morgan fingerprint density at radius 2 is 1.77 bits per heavy atom. The number of hydrogen-bond donors (Lipinski definition) is 2. The van der Waals surface area contributed by atoms with E-state index in [2.05, 4.69) is 31.6 Å². The first-order valence-corrected chi connectivity index (χ1v) is 11.6. The number of hydrazone groups is 1. The second-order valence-electron chi connectivity index (χ2n) is 8.06. The van der Waals surface area contributed by atoms with Gasteiger partial charge in [-0.3, -0.25) is 14.6 Å². The summed E-state index contributed by atoms with van der Waals surface area (Å²) in [5.74, 6) is 1.98. The molecule has 0 saturated carbocycles. The number of halogens is 1. The summed E-state index contributed by atoms with van der Waals surface area (Å²) in [5, 5.41) is 12.4. The van der Waals surface area contributed by atoms with Gasteiger partial charge in [0.15, 0.2) is 0 Å². The second-order valence-corrected chi connectivity index (χ2v) is 8.49. The standard InChI is InChI=1S/C27H24ClN5O2/c1-2-19-8-13-25(29-17-19)32-27(35)23-16-22(28)11-12-24(23)31-26(34)21-9-6-20(7-10-21)18-30-33-14-4-3-5-15-33/h1,6-13,16-18H,3-5,14-15H2,(H,31,34)(H,29,32,35). The number of aromatic nitrogens is 1. The molecular formula is C27H24ClN5O2. The van der Waals surface area contributed by atoms with Gasteiger partial charge in [-0.2, -0.15) is 5.10 Å². The van der Waals surface area contributed by atoms with E-state index in [0.29, 0.717) is 27.7 Å². The highest BCUT2D eigenvalue weighted by atomic mass is 35.5. The smallest absolute Gasteiger partial charge is 0.258 e. The first-order chi connectivity index (χ1) is 17.0. The van der Waals surface area contributed by atoms with Crippen molar-refractivity contribution in [1.82, 2.24) is 9.99 Å². The van der Waals surface area contributed by atoms with E-state index in [4.69, 9.17) is 18.0 Å². The largest absolute Gasteiger partial charge is 0.321 e. The van der Waals surface area contributed by atoms with E-state index in [1.807, 2.05) is 12.1 Å². The number of amides is 2. The molecule has 0 atom stereocenters. The van der Waals surface area contributed by atoms with Gasteiger partial charge >= 0.3 is 0 Å². The molecule has 1 saturated heterocycles. The van der Waals surface area contributed by atoms with Crippen molar-refractivity contribution in [2.24, 2.45) is 5.10 Å². The molecule has 7 nitrogen and oxygen atoms in total. The lowest BCUT2D eigenvalue weighted by Crippen LogP contribution is -2.24. The maximum absolute atomic E-state index is 12.9. The Hall–Kier alpha value is -4.15. The van der Waals surface area contributed by atoms with E-state index < -0.39 is 5.91 Å². The van der Waals surface area contributed by atoms with Gasteiger partial charge in [0.05, 0.1) is 17.5 Å². The highest BCUT2D eigenvalue weighted by Crippen LogP contribution is 2.23. The normalized spacial score (nSPS) is 13.3. The number of nitrogens with one attached hydrogen (secondary N) is 2. The zero-order valence-electron chi connectivity index (χ0n) is 19.0. The minimum atomic E-state index is -0.465. The lowest BCUT2D eigenvalue weighted by atomic mass is 10.1. The van der Waals surface area contributed by atoms with Gasteiger partial charge in [-0.05, 0) is 67.3 Å². The number of nitrogens with zero attached hydrogens (tertiary/aromatic N) is 3. The zero-order valence-corrected chi connectivity index (χ0v) is 19.8. The third-order valence-electron chi connectivity index (χ3n) is 5.52. The van der Waals surface area contributed by atoms with Crippen molar-refractivity contribution < 1.29 is 9.59 Å². The van der Waals surface area contributed by atoms with E-state index in [9.17, 15) is 9.59 Å². The number of piperidine rings is 1. The van der Waals surface area contributed by atoms with Crippen LogP contribution in [-0.4, -0.2) is 41.1 Å². The van der Waals surface area contributed by atoms with Crippen molar-refractivity contribution in [3.05, 3.63) is 88.1 Å². The van der Waals surface area contributed by atoms with Gasteiger partial charge in [-0.25, -0.2) is 4.98 Å². The fraction of sp³-hybridized carbons (Fsp3) is 0.185. The third-order valence-corrected chi connectivity index (χ3v) is 5.76. The lowest BCUT2D eigenvalue weighted by Gasteiger charge is -2.23. The summed E-state index contributed by atoms with van der Waals surface area (Å²) in [7, 11) is 0. The molecule has 0 aliphatic carbocycles. The zero-order chi connectivity index (χ0) is 24.6. The quantitative estimate of drug-likeness (QED) is 0.378. The molecule has 2 amide bonds. The number of benzene rings is 2. The molecule has 8 heteroatoms. The molecule has 1 aromatic heterocycles. The van der Waals surface area contributed by atoms with Crippen LogP contribution in [0.5, 0.6) is 0 Å². The highest BCUT2D eigenvalue weighted by molar-refractivity contribution is 6.31. The predicted octanol–water partition coefficient (Wildman–Crippen LogP) is 5.04. The molecule has 2 aromatic carbocycles. The Morgan fingerprint density at radius 3 is 2.46 bits per heavy atom. The average Bonchev–Trinajstić information content (AvgIpc) is 2.89. The van der Waals surface area contributed by atoms with E-state index in [1.54, 1.807) is 42.6 Å². The van der Waals surface area contributed by atoms with Gasteiger partial charge in [0.2, 0.25) is 0 Å². The Bertz CT molecular complexity index is 1270. The molecule has 1 fully saturated rings. The van der Waals surface area contributed by atoms with Gasteiger partial charge in [0, 0.05) is 35.4 Å². The molecule has 2 heterocycles. The predicted molar refractivity (Wildman–Crippen MR) is 139 cm³/mol. The van der Waals surface area contributed by atoms with Crippen molar-refractivity contribution in [2.45, 2.75) is 19.3 Å². The summed E-state index contributed by atoms with van der Waals surface area (Å²) in [6.07, 6.45) is 12.2. The summed E-state index contributed by atoms with van der Waals surface area (Å²) < 4.78 is 0. The Labute approximate surface area is 209 Å². The fourth-order valence-corrected chi connectivity index (χ4v) is 3.78. The molecule has 0 radical (unpaired) electrons. The minimum Gasteiger partial charge on any atom is -0.321 e. The summed E-state index contributed by atoms with van der Waals surface area (Å²) >= 11 is 6.11. The van der Waals surface area contributed by atoms with E-state index in [0.717, 1.165) is 31.5 Å². The molecule has 35 heavy (non-hydrogen) atoms. The van der Waals surface area contributed by atoms with Crippen LogP contribution in [0.4, 0.5) is 11.5 Å². The van der Waals surface area contributed by atoms with Crippen molar-refractivity contribution in [3.8, 4) is 12.3 Å². The lowest BCUT2D eigenvalue weighted by molar-refractivity contribution is 0.102. The molecule has 4 rings (SSSR count). The van der Waals surface area contributed by atoms with Crippen LogP contribution in [0.3, 0.4) is 0 Å². The molecule has 176 valence electrons. The molecule has 0 bridgehead atoms. The van der Waals surface area contributed by atoms with Crippen molar-refractivity contribution >= 4 is 41.1 Å². The molecule has 1 aliphatic rings. The molecule has 0 unspecified atom stereocenters. The van der Waals surface area contributed by atoms with Crippen molar-refractivity contribution in [1.29, 1.82) is 0 Å². The van der Waals surface area contributed by atoms with E-state index in [1.165, 1.54) is 18.7 Å². The van der Waals surface area contributed by atoms with E-state index in [-0.39, 0.29) is 11.5 Å². The maximum Gasteiger partial charge on any atom is 0.258 e. The number of carbonyl (C=O) groups excluding carboxylic acids is 2. The van der Waals surface area contributed by atoms with Crippen LogP contribution < -0.4 is 10.6 Å². The topological polar surface area (TPSA) is 86.7 Å². The molecule has 0 spiro atoms. The SMILES string of the molecule is C#Cc1ccc(NC(=O)c2cc(Cl)ccc2NC(=O)c2ccc(C=NN3CCCCC3)cc2)nc1. The minimum absolute atomic E-state index is 0.207. The van der Waals surface area contributed by atoms with Crippen LogP contribution in [0.15, 0.2) is 65.9 Å². The number of anilines is 2. The molecule has 2 N–H and O–H groups in total. The first kappa shape index (κ1) is 24.0. The van der Waals surface area contributed by atoms with Crippen LogP contribution >= 0.6 is 11.6 Å². The number of terminal acetylenes is 1. The van der Waals surface area contributed by atoms with Gasteiger partial charge in [0.25, 0.3) is 11.8 Å². The number of pyridine rings is 1. The monoisotopic (exact) mass is 485 g/mol. The van der Waals surface area contributed by atoms with Crippen LogP contribution in [0.1, 0.15) is 51.1 Å². The summed E-state index contributed by atoms with van der Waals surface area (Å²) in [4.78, 5) is 29.9. The molecular weight excluding hydrogens is 462 g/mol. The summed E-state index contributed by atoms with van der Waals surface area (Å²) in [6, 6.07) is 15.1. The first-order valence-electron chi connectivity index (χ1n) is 11.3. The number of carbonyl (C=O) groups is 2. The Kier molecular flexibility index (Phi) is 7.76. The van der Waals surface area contributed by atoms with Crippen LogP contribution in [0, 0.1) is 12.3 Å². The van der Waals surface area contributed by atoms with Gasteiger partial charge in [-0.1, -0.05) is 29.7 Å². The van der Waals surface area contributed by atoms with Crippen LogP contribution in [-0.2, 0) is 0 Å². The van der Waals surface area contributed by atoms with E-state index >= 15 is 0 Å². The van der Waals surface area contributed by atoms with Gasteiger partial charge in [-0.15, -0.1) is 6.42 Å². The fourth-order valence-electron chi connectivity index (χ4n) is 3.61. The van der Waals surface area contributed by atoms with Gasteiger partial charge < -0.3 is 10.6 Å². The maximum atomic E-state index is 12.9. The highest BCUT2D eigenvalue weighted by Gasteiger charge is 2.16. The molecule has 3 aromatic rings. The Balaban J connectivity index is 1.44. The van der Waals surface area contributed by atoms with Crippen LogP contribution in [0.25, 0.3) is 0 Å². The summed E-state index contributed by atoms with van der Waals surface area (Å²) in [6.45, 7) is 1.94. The number of rotatable bonds is 6. The van der Waals surface area contributed by atoms with Crippen LogP contribution in [0.2, 0.25) is 5.02 Å². The van der Waals surface area contributed by atoms with Crippen molar-refractivity contribution in [3.63, 3.8) is 0 Å². The number of hydrogen-bond acceptors (Lipinski definition) is 5. The molecule has 1 aliphatic heterocycles. The summed E-state index contributed by atoms with van der Waals surface area (Å²) in [5.41, 5.74) is 2.49. The van der Waals surface area contributed by atoms with Crippen molar-refractivity contribution in [2.75, 3.05) is 23.7 Å². The second kappa shape index (κ2) is 11.3. The Morgan fingerprint density at radius 1 is 1.00 bits per heavy atom. The van der Waals surface area contributed by atoms with Gasteiger partial charge in [0.1, 0.15) is 5.82 Å². The average molecular weight is 486 g/mol.